The van der Waals surface area contributed by atoms with Gasteiger partial charge in [0.1, 0.15) is 11.2 Å². The van der Waals surface area contributed by atoms with Crippen molar-refractivity contribution in [3.63, 3.8) is 0 Å². The van der Waals surface area contributed by atoms with Crippen molar-refractivity contribution < 1.29 is 4.42 Å². The molecule has 1 aliphatic carbocycles. The lowest BCUT2D eigenvalue weighted by Gasteiger charge is -2.34. The third kappa shape index (κ3) is 6.41. The van der Waals surface area contributed by atoms with Gasteiger partial charge in [0.25, 0.3) is 0 Å². The Kier molecular flexibility index (Phi) is 9.36. The Hall–Kier alpha value is -8.99. The molecule has 0 spiro atoms. The molecular formula is C64H41N3O. The highest BCUT2D eigenvalue weighted by Crippen LogP contribution is 2.57. The number of rotatable bonds is 8. The third-order valence-corrected chi connectivity index (χ3v) is 13.6. The van der Waals surface area contributed by atoms with E-state index in [1.54, 1.807) is 0 Å². The number of hydrogen-bond donors (Lipinski definition) is 0. The van der Waals surface area contributed by atoms with Crippen LogP contribution < -0.4 is 0 Å². The lowest BCUT2D eigenvalue weighted by atomic mass is 9.67. The predicted octanol–water partition coefficient (Wildman–Crippen LogP) is 16.1. The summed E-state index contributed by atoms with van der Waals surface area (Å²) in [6, 6.07) is 88.5. The molecule has 0 radical (unpaired) electrons. The highest BCUT2D eigenvalue weighted by molar-refractivity contribution is 6.06. The molecule has 0 saturated heterocycles. The van der Waals surface area contributed by atoms with Crippen LogP contribution in [0.5, 0.6) is 0 Å². The van der Waals surface area contributed by atoms with Crippen molar-refractivity contribution in [2.24, 2.45) is 0 Å². The zero-order chi connectivity index (χ0) is 45.0. The van der Waals surface area contributed by atoms with Crippen molar-refractivity contribution in [2.45, 2.75) is 5.41 Å². The Morgan fingerprint density at radius 2 is 0.779 bits per heavy atom. The topological polar surface area (TPSA) is 51.8 Å². The van der Waals surface area contributed by atoms with Crippen LogP contribution in [0, 0.1) is 0 Å². The molecule has 4 nitrogen and oxygen atoms in total. The fraction of sp³-hybridized carbons (Fsp3) is 0.0156. The maximum Gasteiger partial charge on any atom is 0.164 e. The summed E-state index contributed by atoms with van der Waals surface area (Å²) >= 11 is 0. The van der Waals surface area contributed by atoms with E-state index in [4.69, 9.17) is 19.4 Å². The van der Waals surface area contributed by atoms with E-state index in [1.807, 2.05) is 36.4 Å². The summed E-state index contributed by atoms with van der Waals surface area (Å²) in [5.41, 5.74) is 17.7. The lowest BCUT2D eigenvalue weighted by molar-refractivity contribution is 0.669. The molecule has 10 aromatic carbocycles. The van der Waals surface area contributed by atoms with Crippen LogP contribution in [0.25, 0.3) is 101 Å². The van der Waals surface area contributed by atoms with Gasteiger partial charge in [0.15, 0.2) is 17.5 Å². The first kappa shape index (κ1) is 39.4. The molecule has 0 bridgehead atoms. The zero-order valence-corrected chi connectivity index (χ0v) is 36.9. The van der Waals surface area contributed by atoms with Gasteiger partial charge in [0.2, 0.25) is 0 Å². The summed E-state index contributed by atoms with van der Waals surface area (Å²) in [7, 11) is 0. The molecule has 12 aromatic rings. The molecule has 0 N–H and O–H groups in total. The van der Waals surface area contributed by atoms with Crippen molar-refractivity contribution in [1.82, 2.24) is 15.0 Å². The number of fused-ring (bicyclic) bond motifs is 6. The first-order valence-corrected chi connectivity index (χ1v) is 23.1. The highest BCUT2D eigenvalue weighted by atomic mass is 16.3. The predicted molar refractivity (Wildman–Crippen MR) is 277 cm³/mol. The SMILES string of the molecule is c1ccc(-c2cc(-c3ccc4c(c3)-c3ccccc3C4(c3ccccc3)c3ccccc3)c(-c3ccccc3)c(-c3nc(-c4ccccc4)nc(-c4ccc5c(c4)oc4ccccc45)n3)c2)cc1. The molecule has 68 heavy (non-hydrogen) atoms. The average molecular weight is 868 g/mol. The highest BCUT2D eigenvalue weighted by Gasteiger charge is 2.46. The first-order chi connectivity index (χ1) is 33.7. The van der Waals surface area contributed by atoms with E-state index >= 15 is 0 Å². The molecule has 2 aromatic heterocycles. The Morgan fingerprint density at radius 3 is 1.49 bits per heavy atom. The molecule has 2 heterocycles. The van der Waals surface area contributed by atoms with Crippen molar-refractivity contribution in [2.75, 3.05) is 0 Å². The van der Waals surface area contributed by atoms with E-state index in [2.05, 4.69) is 212 Å². The van der Waals surface area contributed by atoms with Crippen molar-refractivity contribution in [1.29, 1.82) is 0 Å². The maximum absolute atomic E-state index is 6.40. The van der Waals surface area contributed by atoms with Gasteiger partial charge < -0.3 is 4.42 Å². The minimum absolute atomic E-state index is 0.507. The summed E-state index contributed by atoms with van der Waals surface area (Å²) in [6.07, 6.45) is 0. The van der Waals surface area contributed by atoms with Gasteiger partial charge in [-0.1, -0.05) is 212 Å². The van der Waals surface area contributed by atoms with E-state index in [9.17, 15) is 0 Å². The first-order valence-electron chi connectivity index (χ1n) is 23.1. The maximum atomic E-state index is 6.40. The van der Waals surface area contributed by atoms with Crippen LogP contribution in [0.3, 0.4) is 0 Å². The van der Waals surface area contributed by atoms with Crippen molar-refractivity contribution >= 4 is 21.9 Å². The second kappa shape index (κ2) is 16.2. The molecule has 0 aliphatic heterocycles. The van der Waals surface area contributed by atoms with Gasteiger partial charge in [0, 0.05) is 33.0 Å². The summed E-state index contributed by atoms with van der Waals surface area (Å²) in [4.78, 5) is 16.0. The average Bonchev–Trinajstić information content (AvgIpc) is 3.95. The molecule has 4 heteroatoms. The number of nitrogens with zero attached hydrogens (tertiary/aromatic N) is 3. The van der Waals surface area contributed by atoms with Gasteiger partial charge in [-0.2, -0.15) is 0 Å². The van der Waals surface area contributed by atoms with Crippen molar-refractivity contribution in [3.05, 3.63) is 271 Å². The van der Waals surface area contributed by atoms with Crippen LogP contribution in [-0.2, 0) is 5.41 Å². The standard InChI is InChI=1S/C64H41N3O/c1-6-20-42(21-7-1)47-39-53(45-35-37-57-54(38-45)50-30-16-18-32-56(50)64(57,48-26-12-4-13-27-48)49-28-14-5-15-29-49)60(43-22-8-2-9-23-43)55(40-47)63-66-61(44-24-10-3-11-25-44)65-62(67-63)46-34-36-52-51-31-17-19-33-58(51)68-59(52)41-46/h1-41H. The van der Waals surface area contributed by atoms with Gasteiger partial charge in [-0.3, -0.25) is 0 Å². The van der Waals surface area contributed by atoms with Crippen LogP contribution >= 0.6 is 0 Å². The quantitative estimate of drug-likeness (QED) is 0.153. The minimum atomic E-state index is -0.507. The summed E-state index contributed by atoms with van der Waals surface area (Å²) < 4.78 is 6.40. The van der Waals surface area contributed by atoms with Gasteiger partial charge in [-0.15, -0.1) is 0 Å². The molecule has 0 atom stereocenters. The second-order valence-electron chi connectivity index (χ2n) is 17.4. The van der Waals surface area contributed by atoms with Crippen LogP contribution in [0.1, 0.15) is 22.3 Å². The summed E-state index contributed by atoms with van der Waals surface area (Å²) in [6.45, 7) is 0. The molecule has 1 aliphatic rings. The number of benzene rings is 10. The Morgan fingerprint density at radius 1 is 0.279 bits per heavy atom. The van der Waals surface area contributed by atoms with E-state index in [0.717, 1.165) is 72.0 Å². The zero-order valence-electron chi connectivity index (χ0n) is 36.9. The van der Waals surface area contributed by atoms with Crippen molar-refractivity contribution in [3.8, 4) is 78.7 Å². The number of furan rings is 1. The smallest absolute Gasteiger partial charge is 0.164 e. The van der Waals surface area contributed by atoms with Crippen LogP contribution in [0.15, 0.2) is 253 Å². The Labute approximate surface area is 394 Å². The van der Waals surface area contributed by atoms with E-state index in [1.165, 1.54) is 33.4 Å². The van der Waals surface area contributed by atoms with Crippen LogP contribution in [0.4, 0.5) is 0 Å². The van der Waals surface area contributed by atoms with Gasteiger partial charge in [0.05, 0.1) is 5.41 Å². The largest absolute Gasteiger partial charge is 0.456 e. The number of hydrogen-bond acceptors (Lipinski definition) is 4. The normalized spacial score (nSPS) is 12.5. The summed E-state index contributed by atoms with van der Waals surface area (Å²) in [5, 5.41) is 2.13. The third-order valence-electron chi connectivity index (χ3n) is 13.6. The Bertz CT molecular complexity index is 3790. The van der Waals surface area contributed by atoms with Gasteiger partial charge >= 0.3 is 0 Å². The molecular weight excluding hydrogens is 827 g/mol. The molecule has 13 rings (SSSR count). The van der Waals surface area contributed by atoms with Crippen LogP contribution in [0.2, 0.25) is 0 Å². The Balaban J connectivity index is 1.09. The molecule has 0 fully saturated rings. The molecule has 318 valence electrons. The van der Waals surface area contributed by atoms with Crippen LogP contribution in [-0.4, -0.2) is 15.0 Å². The number of aromatic nitrogens is 3. The second-order valence-corrected chi connectivity index (χ2v) is 17.4. The van der Waals surface area contributed by atoms with E-state index in [-0.39, 0.29) is 0 Å². The minimum Gasteiger partial charge on any atom is -0.456 e. The fourth-order valence-corrected chi connectivity index (χ4v) is 10.6. The molecule has 0 amide bonds. The monoisotopic (exact) mass is 867 g/mol. The van der Waals surface area contributed by atoms with E-state index in [0.29, 0.717) is 17.5 Å². The molecule has 0 saturated carbocycles. The fourth-order valence-electron chi connectivity index (χ4n) is 10.6. The van der Waals surface area contributed by atoms with E-state index < -0.39 is 5.41 Å². The summed E-state index contributed by atoms with van der Waals surface area (Å²) in [5.74, 6) is 1.73. The van der Waals surface area contributed by atoms with Gasteiger partial charge in [-0.25, -0.2) is 15.0 Å². The molecule has 0 unspecified atom stereocenters. The lowest BCUT2D eigenvalue weighted by Crippen LogP contribution is -2.28. The van der Waals surface area contributed by atoms with Gasteiger partial charge in [-0.05, 0) is 97.6 Å². The number of para-hydroxylation sites is 1.